The number of imidazole rings is 1. The van der Waals surface area contributed by atoms with Crippen LogP contribution >= 0.6 is 11.3 Å². The minimum Gasteiger partial charge on any atom is -0.460 e. The Morgan fingerprint density at radius 1 is 1.02 bits per heavy atom. The summed E-state index contributed by atoms with van der Waals surface area (Å²) in [7, 11) is 1.63. The zero-order chi connectivity index (χ0) is 32.6. The lowest BCUT2D eigenvalue weighted by Crippen LogP contribution is -2.33. The first-order valence-electron chi connectivity index (χ1n) is 15.7. The van der Waals surface area contributed by atoms with Crippen molar-refractivity contribution in [3.05, 3.63) is 53.2 Å². The van der Waals surface area contributed by atoms with Gasteiger partial charge in [-0.2, -0.15) is 0 Å². The van der Waals surface area contributed by atoms with Crippen molar-refractivity contribution >= 4 is 54.6 Å². The van der Waals surface area contributed by atoms with Gasteiger partial charge in [-0.1, -0.05) is 6.07 Å². The largest absolute Gasteiger partial charge is 0.460 e. The van der Waals surface area contributed by atoms with E-state index in [0.29, 0.717) is 74.9 Å². The van der Waals surface area contributed by atoms with Gasteiger partial charge in [0.25, 0.3) is 0 Å². The van der Waals surface area contributed by atoms with Gasteiger partial charge in [-0.15, -0.1) is 11.3 Å². The van der Waals surface area contributed by atoms with Gasteiger partial charge in [-0.3, -0.25) is 0 Å². The van der Waals surface area contributed by atoms with Crippen molar-refractivity contribution in [3.63, 3.8) is 0 Å². The first-order chi connectivity index (χ1) is 22.9. The molecule has 0 fully saturated rings. The number of methoxy groups -OCH3 is 1. The molecule has 6 rings (SSSR count). The van der Waals surface area contributed by atoms with Crippen LogP contribution in [0.5, 0.6) is 0 Å². The number of nitrogens with zero attached hydrogens (tertiary/aromatic N) is 4. The van der Waals surface area contributed by atoms with Crippen LogP contribution in [0.25, 0.3) is 31.5 Å². The molecular formula is C33H40N6O7S. The predicted molar refractivity (Wildman–Crippen MR) is 178 cm³/mol. The summed E-state index contributed by atoms with van der Waals surface area (Å²) in [4.78, 5) is 36.1. The molecule has 47 heavy (non-hydrogen) atoms. The van der Waals surface area contributed by atoms with E-state index in [-0.39, 0.29) is 19.8 Å². The van der Waals surface area contributed by atoms with E-state index in [0.717, 1.165) is 38.2 Å². The second-order valence-electron chi connectivity index (χ2n) is 11.7. The van der Waals surface area contributed by atoms with Gasteiger partial charge in [-0.05, 0) is 38.0 Å². The maximum absolute atomic E-state index is 13.7. The fraction of sp³-hybridized carbons (Fsp3) is 0.485. The SMILES string of the molecule is COCCOCCOCCOCCOC(=O)c1c2c(nc3sc4c(NCCc5ccc6nc[nH]c6c5)ncnc4c13)CC(C)(C)OC2. The molecule has 0 aliphatic carbocycles. The third-order valence-electron chi connectivity index (χ3n) is 7.82. The van der Waals surface area contributed by atoms with Crippen LogP contribution in [0.15, 0.2) is 30.9 Å². The van der Waals surface area contributed by atoms with Crippen LogP contribution in [-0.2, 0) is 47.9 Å². The molecule has 250 valence electrons. The standard InChI is InChI=1S/C33H40N6O7S/c1-33(2)17-25-22(18-46-33)26(32(40)45-15-14-44-13-12-43-11-10-42-9-8-41-3)27-28-29(47-31(27)39-25)30(38-20-37-28)34-7-6-21-4-5-23-24(16-21)36-19-35-23/h4-5,16,19-20H,6-15,17-18H2,1-3H3,(H,35,36)(H,34,37,38). The topological polar surface area (TPSA) is 152 Å². The van der Waals surface area contributed by atoms with E-state index in [1.54, 1.807) is 13.4 Å². The van der Waals surface area contributed by atoms with Gasteiger partial charge in [0.1, 0.15) is 23.6 Å². The molecule has 1 aliphatic rings. The van der Waals surface area contributed by atoms with Crippen LogP contribution in [0, 0.1) is 0 Å². The molecule has 14 heteroatoms. The van der Waals surface area contributed by atoms with Crippen molar-refractivity contribution in [1.29, 1.82) is 0 Å². The Bertz CT molecular complexity index is 1820. The van der Waals surface area contributed by atoms with E-state index in [4.69, 9.17) is 33.4 Å². The summed E-state index contributed by atoms with van der Waals surface area (Å²) >= 11 is 1.47. The van der Waals surface area contributed by atoms with Crippen LogP contribution in [0.3, 0.4) is 0 Å². The maximum atomic E-state index is 13.7. The zero-order valence-corrected chi connectivity index (χ0v) is 27.7. The van der Waals surface area contributed by atoms with E-state index in [9.17, 15) is 4.79 Å². The van der Waals surface area contributed by atoms with Crippen LogP contribution < -0.4 is 5.32 Å². The van der Waals surface area contributed by atoms with Crippen molar-refractivity contribution in [2.24, 2.45) is 0 Å². The minimum absolute atomic E-state index is 0.0953. The highest BCUT2D eigenvalue weighted by Crippen LogP contribution is 2.41. The number of anilines is 1. The zero-order valence-electron chi connectivity index (χ0n) is 26.9. The highest BCUT2D eigenvalue weighted by atomic mass is 32.1. The molecule has 4 aromatic heterocycles. The number of aromatic amines is 1. The van der Waals surface area contributed by atoms with Crippen molar-refractivity contribution in [2.45, 2.75) is 38.9 Å². The first-order valence-corrected chi connectivity index (χ1v) is 16.5. The fourth-order valence-electron chi connectivity index (χ4n) is 5.47. The number of H-pyrrole nitrogens is 1. The van der Waals surface area contributed by atoms with Gasteiger partial charge in [-0.25, -0.2) is 24.7 Å². The summed E-state index contributed by atoms with van der Waals surface area (Å²) < 4.78 is 34.1. The molecule has 5 heterocycles. The van der Waals surface area contributed by atoms with E-state index < -0.39 is 11.6 Å². The summed E-state index contributed by atoms with van der Waals surface area (Å²) in [5, 5.41) is 4.14. The number of aromatic nitrogens is 5. The number of rotatable bonds is 17. The van der Waals surface area contributed by atoms with Gasteiger partial charge in [0.15, 0.2) is 0 Å². The lowest BCUT2D eigenvalue weighted by atomic mass is 9.92. The van der Waals surface area contributed by atoms with Crippen molar-refractivity contribution in [3.8, 4) is 0 Å². The summed E-state index contributed by atoms with van der Waals surface area (Å²) in [5.74, 6) is 0.249. The molecule has 0 radical (unpaired) electrons. The molecule has 1 aliphatic heterocycles. The normalized spacial score (nSPS) is 14.2. The molecule has 2 N–H and O–H groups in total. The number of pyridine rings is 1. The molecule has 0 bridgehead atoms. The lowest BCUT2D eigenvalue weighted by Gasteiger charge is -2.32. The number of benzene rings is 1. The predicted octanol–water partition coefficient (Wildman–Crippen LogP) is 4.47. The number of fused-ring (bicyclic) bond motifs is 5. The molecule has 0 atom stereocenters. The summed E-state index contributed by atoms with van der Waals surface area (Å²) in [6, 6.07) is 6.20. The van der Waals surface area contributed by atoms with E-state index >= 15 is 0 Å². The van der Waals surface area contributed by atoms with E-state index in [2.05, 4.69) is 37.4 Å². The first kappa shape index (κ1) is 33.1. The number of thiophene rings is 1. The number of ether oxygens (including phenoxy) is 6. The maximum Gasteiger partial charge on any atom is 0.339 e. The summed E-state index contributed by atoms with van der Waals surface area (Å²) in [5.41, 5.74) is 5.41. The number of nitrogens with one attached hydrogen (secondary N) is 2. The van der Waals surface area contributed by atoms with Gasteiger partial charge in [0.2, 0.25) is 0 Å². The van der Waals surface area contributed by atoms with Crippen LogP contribution in [0.2, 0.25) is 0 Å². The molecule has 0 amide bonds. The summed E-state index contributed by atoms with van der Waals surface area (Å²) in [6.45, 7) is 8.17. The molecule has 0 unspecified atom stereocenters. The monoisotopic (exact) mass is 664 g/mol. The minimum atomic E-state index is -0.452. The smallest absolute Gasteiger partial charge is 0.339 e. The Labute approximate surface area is 276 Å². The molecule has 0 spiro atoms. The quantitative estimate of drug-likeness (QED) is 0.107. The number of hydrogen-bond acceptors (Lipinski definition) is 13. The Kier molecular flexibility index (Phi) is 10.9. The molecular weight excluding hydrogens is 624 g/mol. The second kappa shape index (κ2) is 15.4. The van der Waals surface area contributed by atoms with E-state index in [1.165, 1.54) is 23.2 Å². The van der Waals surface area contributed by atoms with Crippen LogP contribution in [-0.4, -0.2) is 103 Å². The van der Waals surface area contributed by atoms with Gasteiger partial charge in [0, 0.05) is 25.6 Å². The van der Waals surface area contributed by atoms with Crippen LogP contribution in [0.1, 0.15) is 41.0 Å². The van der Waals surface area contributed by atoms with Gasteiger partial charge >= 0.3 is 5.97 Å². The molecule has 0 saturated heterocycles. The Hall–Kier alpha value is -3.79. The number of carbonyl (C=O) groups excluding carboxylic acids is 1. The van der Waals surface area contributed by atoms with Gasteiger partial charge < -0.3 is 38.7 Å². The third-order valence-corrected chi connectivity index (χ3v) is 8.90. The molecule has 5 aromatic rings. The average molecular weight is 665 g/mol. The van der Waals surface area contributed by atoms with Crippen LogP contribution in [0.4, 0.5) is 5.82 Å². The molecule has 1 aromatic carbocycles. The molecule has 13 nitrogen and oxygen atoms in total. The van der Waals surface area contributed by atoms with Gasteiger partial charge in [0.05, 0.1) is 103 Å². The number of carbonyl (C=O) groups is 1. The Morgan fingerprint density at radius 3 is 2.57 bits per heavy atom. The number of hydrogen-bond donors (Lipinski definition) is 2. The lowest BCUT2D eigenvalue weighted by molar-refractivity contribution is -0.0418. The highest BCUT2D eigenvalue weighted by Gasteiger charge is 2.33. The Balaban J connectivity index is 1.14. The average Bonchev–Trinajstić information content (AvgIpc) is 3.68. The Morgan fingerprint density at radius 2 is 1.79 bits per heavy atom. The summed E-state index contributed by atoms with van der Waals surface area (Å²) in [6.07, 6.45) is 4.58. The highest BCUT2D eigenvalue weighted by molar-refractivity contribution is 7.26. The molecule has 0 saturated carbocycles. The van der Waals surface area contributed by atoms with Crippen molar-refractivity contribution < 1.29 is 33.2 Å². The second-order valence-corrected chi connectivity index (χ2v) is 12.7. The third kappa shape index (κ3) is 8.03. The van der Waals surface area contributed by atoms with Crippen molar-refractivity contribution in [1.82, 2.24) is 24.9 Å². The van der Waals surface area contributed by atoms with E-state index in [1.807, 2.05) is 19.9 Å². The van der Waals surface area contributed by atoms with Crippen molar-refractivity contribution in [2.75, 3.05) is 71.8 Å². The fourth-order valence-corrected chi connectivity index (χ4v) is 6.60. The number of esters is 1.